The zero-order valence-corrected chi connectivity index (χ0v) is 17.8. The van der Waals surface area contributed by atoms with Gasteiger partial charge in [0.1, 0.15) is 5.69 Å². The minimum absolute atomic E-state index is 0.0819. The highest BCUT2D eigenvalue weighted by Gasteiger charge is 2.37. The van der Waals surface area contributed by atoms with E-state index < -0.39 is 11.9 Å². The number of fused-ring (bicyclic) bond motifs is 3. The molecule has 5 rings (SSSR count). The van der Waals surface area contributed by atoms with Gasteiger partial charge in [-0.2, -0.15) is 13.2 Å². The summed E-state index contributed by atoms with van der Waals surface area (Å²) in [5, 5.41) is 1.78. The van der Waals surface area contributed by atoms with Crippen LogP contribution < -0.4 is 4.90 Å². The van der Waals surface area contributed by atoms with E-state index in [9.17, 15) is 13.2 Å². The highest BCUT2D eigenvalue weighted by atomic mass is 35.5. The minimum Gasteiger partial charge on any atom is -0.356 e. The molecule has 3 aromatic rings. The average Bonchev–Trinajstić information content (AvgIpc) is 3.12. The molecule has 8 heteroatoms. The van der Waals surface area contributed by atoms with Gasteiger partial charge >= 0.3 is 6.18 Å². The Balaban J connectivity index is 1.57. The number of nitrogens with zero attached hydrogens (tertiary/aromatic N) is 3. The van der Waals surface area contributed by atoms with Crippen molar-refractivity contribution in [3.63, 3.8) is 0 Å². The highest BCUT2D eigenvalue weighted by molar-refractivity contribution is 6.31. The summed E-state index contributed by atoms with van der Waals surface area (Å²) in [5.41, 5.74) is 2.38. The maximum atomic E-state index is 13.3. The first-order valence-corrected chi connectivity index (χ1v) is 11.2. The summed E-state index contributed by atoms with van der Waals surface area (Å²) in [6.07, 6.45) is 4.32. The Bertz CT molecular complexity index is 1090. The molecule has 2 aliphatic rings. The molecule has 1 aliphatic heterocycles. The number of anilines is 1. The first-order chi connectivity index (χ1) is 14.9. The van der Waals surface area contributed by atoms with Crippen LogP contribution in [-0.2, 0) is 12.6 Å². The number of halogens is 4. The lowest BCUT2D eigenvalue weighted by atomic mass is 9.82. The summed E-state index contributed by atoms with van der Waals surface area (Å²) in [6.45, 7) is 0.575. The minimum atomic E-state index is -4.49. The van der Waals surface area contributed by atoms with Crippen LogP contribution >= 0.6 is 11.6 Å². The van der Waals surface area contributed by atoms with E-state index >= 15 is 0 Å². The quantitative estimate of drug-likeness (QED) is 0.484. The Hall–Kier alpha value is -2.28. The van der Waals surface area contributed by atoms with Crippen molar-refractivity contribution in [2.24, 2.45) is 5.92 Å². The SMILES string of the molecule is FC(F)(F)c1ccnc(N2CCc3c([nH]c4ccc(Cl)cc34)[C@@H]2CC2CCCCC2)n1. The molecule has 0 saturated heterocycles. The second-order valence-corrected chi connectivity index (χ2v) is 9.08. The summed E-state index contributed by atoms with van der Waals surface area (Å²) in [6, 6.07) is 6.65. The van der Waals surface area contributed by atoms with E-state index in [1.165, 1.54) is 31.0 Å². The van der Waals surface area contributed by atoms with Crippen molar-refractivity contribution in [2.75, 3.05) is 11.4 Å². The molecule has 0 radical (unpaired) electrons. The van der Waals surface area contributed by atoms with Crippen molar-refractivity contribution >= 4 is 28.5 Å². The molecule has 31 heavy (non-hydrogen) atoms. The van der Waals surface area contributed by atoms with E-state index in [2.05, 4.69) is 15.0 Å². The lowest BCUT2D eigenvalue weighted by Crippen LogP contribution is -2.38. The normalized spacial score (nSPS) is 20.3. The molecule has 1 atom stereocenters. The van der Waals surface area contributed by atoms with Gasteiger partial charge in [0.15, 0.2) is 0 Å². The second-order valence-electron chi connectivity index (χ2n) is 8.65. The molecular weight excluding hydrogens is 425 g/mol. The molecule has 1 aliphatic carbocycles. The van der Waals surface area contributed by atoms with Gasteiger partial charge in [-0.1, -0.05) is 43.7 Å². The monoisotopic (exact) mass is 448 g/mol. The highest BCUT2D eigenvalue weighted by Crippen LogP contribution is 2.42. The number of nitrogens with one attached hydrogen (secondary N) is 1. The molecule has 1 saturated carbocycles. The van der Waals surface area contributed by atoms with E-state index in [1.54, 1.807) is 0 Å². The fraction of sp³-hybridized carbons (Fsp3) is 0.478. The largest absolute Gasteiger partial charge is 0.433 e. The topological polar surface area (TPSA) is 44.8 Å². The Morgan fingerprint density at radius 1 is 1.13 bits per heavy atom. The molecule has 2 aromatic heterocycles. The summed E-state index contributed by atoms with van der Waals surface area (Å²) in [4.78, 5) is 13.7. The molecule has 3 heterocycles. The molecule has 0 amide bonds. The van der Waals surface area contributed by atoms with Gasteiger partial charge in [-0.3, -0.25) is 0 Å². The third-order valence-corrected chi connectivity index (χ3v) is 6.92. The van der Waals surface area contributed by atoms with Crippen molar-refractivity contribution in [2.45, 2.75) is 57.2 Å². The van der Waals surface area contributed by atoms with Crippen LogP contribution in [0.5, 0.6) is 0 Å². The molecule has 1 aromatic carbocycles. The Morgan fingerprint density at radius 2 is 1.94 bits per heavy atom. The Morgan fingerprint density at radius 3 is 2.71 bits per heavy atom. The maximum absolute atomic E-state index is 13.3. The smallest absolute Gasteiger partial charge is 0.356 e. The standard InChI is InChI=1S/C23H24ClF3N4/c24-15-6-7-18-17(13-15)16-9-11-31(22-28-10-8-20(30-22)23(25,26)27)19(21(16)29-18)12-14-4-2-1-3-5-14/h6-8,10,13-14,19,29H,1-5,9,11-12H2/t19-/m0/s1. The number of hydrogen-bond acceptors (Lipinski definition) is 3. The average molecular weight is 449 g/mol. The predicted octanol–water partition coefficient (Wildman–Crippen LogP) is 6.70. The molecule has 0 bridgehead atoms. The van der Waals surface area contributed by atoms with Crippen molar-refractivity contribution in [3.05, 3.63) is 52.4 Å². The van der Waals surface area contributed by atoms with E-state index in [0.717, 1.165) is 41.9 Å². The number of rotatable bonds is 3. The first-order valence-electron chi connectivity index (χ1n) is 10.9. The molecule has 4 nitrogen and oxygen atoms in total. The van der Waals surface area contributed by atoms with E-state index in [0.29, 0.717) is 23.9 Å². The maximum Gasteiger partial charge on any atom is 0.433 e. The van der Waals surface area contributed by atoms with E-state index in [4.69, 9.17) is 11.6 Å². The van der Waals surface area contributed by atoms with Gasteiger partial charge in [-0.15, -0.1) is 0 Å². The summed E-state index contributed by atoms with van der Waals surface area (Å²) < 4.78 is 39.9. The number of aromatic amines is 1. The fourth-order valence-electron chi connectivity index (χ4n) is 5.21. The van der Waals surface area contributed by atoms with Gasteiger partial charge in [0, 0.05) is 34.4 Å². The molecule has 1 fully saturated rings. The fourth-order valence-corrected chi connectivity index (χ4v) is 5.38. The Labute approximate surface area is 183 Å². The van der Waals surface area contributed by atoms with Gasteiger partial charge in [-0.25, -0.2) is 9.97 Å². The number of H-pyrrole nitrogens is 1. The van der Waals surface area contributed by atoms with Crippen LogP contribution in [0.2, 0.25) is 5.02 Å². The number of alkyl halides is 3. The zero-order valence-electron chi connectivity index (χ0n) is 17.1. The summed E-state index contributed by atoms with van der Waals surface area (Å²) in [7, 11) is 0. The van der Waals surface area contributed by atoms with Gasteiger partial charge in [-0.05, 0) is 48.6 Å². The number of hydrogen-bond donors (Lipinski definition) is 1. The Kier molecular flexibility index (Phi) is 5.32. The zero-order chi connectivity index (χ0) is 21.6. The van der Waals surface area contributed by atoms with Crippen molar-refractivity contribution < 1.29 is 13.2 Å². The first kappa shape index (κ1) is 20.6. The van der Waals surface area contributed by atoms with Gasteiger partial charge in [0.05, 0.1) is 6.04 Å². The van der Waals surface area contributed by atoms with Gasteiger partial charge in [0.2, 0.25) is 5.95 Å². The lowest BCUT2D eigenvalue weighted by Gasteiger charge is -2.38. The molecule has 0 unspecified atom stereocenters. The summed E-state index contributed by atoms with van der Waals surface area (Å²) in [5.74, 6) is 0.700. The number of aromatic nitrogens is 3. The lowest BCUT2D eigenvalue weighted by molar-refractivity contribution is -0.141. The van der Waals surface area contributed by atoms with Crippen LogP contribution in [0.3, 0.4) is 0 Å². The van der Waals surface area contributed by atoms with Crippen LogP contribution in [0.25, 0.3) is 10.9 Å². The van der Waals surface area contributed by atoms with Crippen LogP contribution in [0.4, 0.5) is 19.1 Å². The number of benzene rings is 1. The van der Waals surface area contributed by atoms with Crippen molar-refractivity contribution in [1.29, 1.82) is 0 Å². The van der Waals surface area contributed by atoms with Crippen LogP contribution in [-0.4, -0.2) is 21.5 Å². The van der Waals surface area contributed by atoms with E-state index in [1.807, 2.05) is 23.1 Å². The van der Waals surface area contributed by atoms with Crippen molar-refractivity contribution in [1.82, 2.24) is 15.0 Å². The van der Waals surface area contributed by atoms with Gasteiger partial charge in [0.25, 0.3) is 0 Å². The van der Waals surface area contributed by atoms with Crippen LogP contribution in [0.1, 0.15) is 61.5 Å². The molecule has 0 spiro atoms. The summed E-state index contributed by atoms with van der Waals surface area (Å²) >= 11 is 6.24. The molecule has 1 N–H and O–H groups in total. The van der Waals surface area contributed by atoms with Crippen LogP contribution in [0.15, 0.2) is 30.5 Å². The van der Waals surface area contributed by atoms with E-state index in [-0.39, 0.29) is 12.0 Å². The van der Waals surface area contributed by atoms with Crippen LogP contribution in [0, 0.1) is 5.92 Å². The van der Waals surface area contributed by atoms with Crippen molar-refractivity contribution in [3.8, 4) is 0 Å². The third-order valence-electron chi connectivity index (χ3n) is 6.68. The third kappa shape index (κ3) is 4.00. The molecular formula is C23H24ClF3N4. The predicted molar refractivity (Wildman–Crippen MR) is 115 cm³/mol. The second kappa shape index (κ2) is 8.01. The molecule has 164 valence electrons. The van der Waals surface area contributed by atoms with Gasteiger partial charge < -0.3 is 9.88 Å².